The molecule has 1 saturated carbocycles. The third-order valence-electron chi connectivity index (χ3n) is 6.71. The van der Waals surface area contributed by atoms with Crippen molar-refractivity contribution in [2.45, 2.75) is 45.2 Å². The predicted octanol–water partition coefficient (Wildman–Crippen LogP) is 5.78. The van der Waals surface area contributed by atoms with Crippen molar-refractivity contribution in [2.24, 2.45) is 5.92 Å². The quantitative estimate of drug-likeness (QED) is 0.408. The third-order valence-corrected chi connectivity index (χ3v) is 6.71. The largest absolute Gasteiger partial charge is 0.506 e. The van der Waals surface area contributed by atoms with Gasteiger partial charge in [-0.15, -0.1) is 0 Å². The van der Waals surface area contributed by atoms with Crippen molar-refractivity contribution in [3.63, 3.8) is 0 Å². The molecule has 0 spiro atoms. The lowest BCUT2D eigenvalue weighted by Gasteiger charge is -2.30. The van der Waals surface area contributed by atoms with E-state index >= 15 is 0 Å². The fourth-order valence-electron chi connectivity index (χ4n) is 5.11. The van der Waals surface area contributed by atoms with Gasteiger partial charge in [0.2, 0.25) is 0 Å². The highest BCUT2D eigenvalue weighted by molar-refractivity contribution is 5.88. The number of rotatable bonds is 6. The predicted molar refractivity (Wildman–Crippen MR) is 128 cm³/mol. The van der Waals surface area contributed by atoms with Crippen LogP contribution in [0.3, 0.4) is 0 Å². The third kappa shape index (κ3) is 4.26. The van der Waals surface area contributed by atoms with Gasteiger partial charge in [0.15, 0.2) is 0 Å². The second kappa shape index (κ2) is 9.13. The maximum Gasteiger partial charge on any atom is 0.141 e. The number of hydrogen-bond acceptors (Lipinski definition) is 5. The Balaban J connectivity index is 1.49. The van der Waals surface area contributed by atoms with E-state index in [9.17, 15) is 10.2 Å². The van der Waals surface area contributed by atoms with Gasteiger partial charge in [0.1, 0.15) is 22.5 Å². The number of phenols is 2. The molecule has 164 valence electrons. The number of benzene rings is 2. The number of pyridine rings is 2. The van der Waals surface area contributed by atoms with Crippen LogP contribution in [0.15, 0.2) is 60.9 Å². The van der Waals surface area contributed by atoms with Crippen LogP contribution < -0.4 is 0 Å². The van der Waals surface area contributed by atoms with Gasteiger partial charge in [0.05, 0.1) is 0 Å². The van der Waals surface area contributed by atoms with Crippen LogP contribution in [-0.2, 0) is 13.1 Å². The van der Waals surface area contributed by atoms with E-state index in [2.05, 4.69) is 14.9 Å². The molecule has 0 unspecified atom stereocenters. The van der Waals surface area contributed by atoms with E-state index in [0.717, 1.165) is 30.4 Å². The molecule has 2 aromatic heterocycles. The van der Waals surface area contributed by atoms with Crippen molar-refractivity contribution in [1.82, 2.24) is 14.9 Å². The Kier molecular flexibility index (Phi) is 5.91. The summed E-state index contributed by atoms with van der Waals surface area (Å²) in [5, 5.41) is 22.5. The minimum atomic E-state index is 0.221. The number of aromatic nitrogens is 2. The Hall–Kier alpha value is -3.18. The highest BCUT2D eigenvalue weighted by atomic mass is 16.3. The molecule has 2 heterocycles. The molecule has 5 heteroatoms. The van der Waals surface area contributed by atoms with Crippen molar-refractivity contribution in [1.29, 1.82) is 0 Å². The number of aromatic hydroxyl groups is 2. The number of fused-ring (bicyclic) bond motifs is 2. The van der Waals surface area contributed by atoms with Gasteiger partial charge >= 0.3 is 0 Å². The zero-order valence-corrected chi connectivity index (χ0v) is 18.2. The molecule has 0 atom stereocenters. The summed E-state index contributed by atoms with van der Waals surface area (Å²) < 4.78 is 0. The molecular weight excluding hydrogens is 398 g/mol. The van der Waals surface area contributed by atoms with E-state index in [-0.39, 0.29) is 11.5 Å². The van der Waals surface area contributed by atoms with Crippen LogP contribution in [0.2, 0.25) is 0 Å². The molecule has 5 nitrogen and oxygen atoms in total. The Morgan fingerprint density at radius 2 is 1.25 bits per heavy atom. The molecule has 1 aliphatic carbocycles. The molecule has 2 N–H and O–H groups in total. The molecule has 0 amide bonds. The van der Waals surface area contributed by atoms with Gasteiger partial charge in [0.25, 0.3) is 0 Å². The lowest BCUT2D eigenvalue weighted by molar-refractivity contribution is 0.188. The average Bonchev–Trinajstić information content (AvgIpc) is 2.84. The molecule has 5 rings (SSSR count). The maximum atomic E-state index is 10.3. The van der Waals surface area contributed by atoms with Crippen molar-refractivity contribution in [3.05, 3.63) is 72.1 Å². The van der Waals surface area contributed by atoms with Crippen LogP contribution in [0.4, 0.5) is 0 Å². The second-order valence-electron chi connectivity index (χ2n) is 8.96. The zero-order chi connectivity index (χ0) is 21.9. The molecule has 0 aliphatic heterocycles. The first-order valence-corrected chi connectivity index (χ1v) is 11.5. The van der Waals surface area contributed by atoms with E-state index in [0.29, 0.717) is 17.0 Å². The van der Waals surface area contributed by atoms with Crippen molar-refractivity contribution in [2.75, 3.05) is 6.54 Å². The molecule has 0 saturated heterocycles. The van der Waals surface area contributed by atoms with Gasteiger partial charge in [-0.05, 0) is 54.2 Å². The van der Waals surface area contributed by atoms with Gasteiger partial charge in [-0.25, -0.2) is 0 Å². The van der Waals surface area contributed by atoms with Crippen molar-refractivity contribution in [3.8, 4) is 11.5 Å². The topological polar surface area (TPSA) is 69.5 Å². The molecule has 32 heavy (non-hydrogen) atoms. The van der Waals surface area contributed by atoms with Crippen LogP contribution in [0.5, 0.6) is 11.5 Å². The summed E-state index contributed by atoms with van der Waals surface area (Å²) in [6.07, 6.45) is 9.99. The Morgan fingerprint density at radius 1 is 0.719 bits per heavy atom. The van der Waals surface area contributed by atoms with Crippen LogP contribution in [-0.4, -0.2) is 31.6 Å². The lowest BCUT2D eigenvalue weighted by atomic mass is 9.88. The van der Waals surface area contributed by atoms with Crippen molar-refractivity contribution >= 4 is 21.8 Å². The number of hydrogen-bond donors (Lipinski definition) is 2. The van der Waals surface area contributed by atoms with E-state index < -0.39 is 0 Å². The summed E-state index contributed by atoms with van der Waals surface area (Å²) in [6.45, 7) is 2.59. The first-order valence-electron chi connectivity index (χ1n) is 11.5. The van der Waals surface area contributed by atoms with Crippen LogP contribution >= 0.6 is 0 Å². The first kappa shape index (κ1) is 20.7. The Bertz CT molecular complexity index is 1150. The van der Waals surface area contributed by atoms with E-state index in [1.807, 2.05) is 36.4 Å². The smallest absolute Gasteiger partial charge is 0.141 e. The molecule has 0 radical (unpaired) electrons. The maximum absolute atomic E-state index is 10.3. The summed E-state index contributed by atoms with van der Waals surface area (Å²) in [7, 11) is 0. The minimum Gasteiger partial charge on any atom is -0.506 e. The highest BCUT2D eigenvalue weighted by Crippen LogP contribution is 2.31. The number of phenolic OH excluding ortho intramolecular Hbond substituents is 2. The van der Waals surface area contributed by atoms with Gasteiger partial charge in [-0.2, -0.15) is 0 Å². The van der Waals surface area contributed by atoms with Gasteiger partial charge in [-0.1, -0.05) is 43.5 Å². The molecule has 1 aliphatic rings. The minimum absolute atomic E-state index is 0.221. The molecule has 4 aromatic rings. The van der Waals surface area contributed by atoms with Crippen LogP contribution in [0.25, 0.3) is 21.8 Å². The standard InChI is InChI=1S/C27H29N3O2/c31-24-12-10-20(22-8-4-14-28-26(22)24)17-30(16-19-6-2-1-3-7-19)18-21-11-13-25(32)27-23(21)9-5-15-29-27/h4-5,8-15,19,31-32H,1-3,6-7,16-18H2. The normalized spacial score (nSPS) is 15.0. The fraction of sp³-hybridized carbons (Fsp3) is 0.333. The molecule has 1 fully saturated rings. The lowest BCUT2D eigenvalue weighted by Crippen LogP contribution is -2.30. The zero-order valence-electron chi connectivity index (χ0n) is 18.2. The Morgan fingerprint density at radius 3 is 1.78 bits per heavy atom. The highest BCUT2D eigenvalue weighted by Gasteiger charge is 2.20. The monoisotopic (exact) mass is 427 g/mol. The van der Waals surface area contributed by atoms with E-state index in [1.165, 1.54) is 43.2 Å². The second-order valence-corrected chi connectivity index (χ2v) is 8.96. The van der Waals surface area contributed by atoms with Gasteiger partial charge in [0, 0.05) is 42.8 Å². The first-order chi connectivity index (χ1) is 15.7. The molecule has 0 bridgehead atoms. The van der Waals surface area contributed by atoms with Crippen LogP contribution in [0, 0.1) is 5.92 Å². The summed E-state index contributed by atoms with van der Waals surface area (Å²) in [5.41, 5.74) is 3.65. The molecular formula is C27H29N3O2. The number of nitrogens with zero attached hydrogens (tertiary/aromatic N) is 3. The summed E-state index contributed by atoms with van der Waals surface area (Å²) >= 11 is 0. The Labute approximate surface area is 188 Å². The van der Waals surface area contributed by atoms with Gasteiger partial charge in [-0.3, -0.25) is 14.9 Å². The summed E-state index contributed by atoms with van der Waals surface area (Å²) in [6, 6.07) is 15.5. The fourth-order valence-corrected chi connectivity index (χ4v) is 5.11. The average molecular weight is 428 g/mol. The van der Waals surface area contributed by atoms with Gasteiger partial charge < -0.3 is 10.2 Å². The SMILES string of the molecule is Oc1ccc(CN(Cc2ccc(O)c3ncccc23)CC2CCCCC2)c2cccnc12. The summed E-state index contributed by atoms with van der Waals surface area (Å²) in [5.74, 6) is 1.14. The van der Waals surface area contributed by atoms with Crippen LogP contribution in [0.1, 0.15) is 43.2 Å². The molecule has 2 aromatic carbocycles. The van der Waals surface area contributed by atoms with Crippen molar-refractivity contribution < 1.29 is 10.2 Å². The van der Waals surface area contributed by atoms with E-state index in [1.54, 1.807) is 24.5 Å². The summed E-state index contributed by atoms with van der Waals surface area (Å²) in [4.78, 5) is 11.3. The van der Waals surface area contributed by atoms with E-state index in [4.69, 9.17) is 0 Å².